The van der Waals surface area contributed by atoms with E-state index in [0.717, 1.165) is 38.2 Å². The van der Waals surface area contributed by atoms with Crippen LogP contribution < -0.4 is 0 Å². The van der Waals surface area contributed by atoms with Crippen molar-refractivity contribution in [3.63, 3.8) is 0 Å². The molecule has 2 rings (SSSR count). The zero-order valence-electron chi connectivity index (χ0n) is 15.3. The first-order chi connectivity index (χ1) is 11.4. The molecule has 1 unspecified atom stereocenters. The van der Waals surface area contributed by atoms with Gasteiger partial charge in [0.2, 0.25) is 5.91 Å². The van der Waals surface area contributed by atoms with Crippen LogP contribution in [0.5, 0.6) is 0 Å². The second-order valence-electron chi connectivity index (χ2n) is 7.29. The molecule has 0 aliphatic carbocycles. The molecule has 5 heteroatoms. The van der Waals surface area contributed by atoms with Crippen molar-refractivity contribution in [2.45, 2.75) is 32.9 Å². The Labute approximate surface area is 145 Å². The maximum Gasteiger partial charge on any atom is 0.236 e. The average molecular weight is 335 g/mol. The fourth-order valence-corrected chi connectivity index (χ4v) is 3.26. The highest BCUT2D eigenvalue weighted by atomic mass is 19.1. The zero-order chi connectivity index (χ0) is 17.7. The number of carbonyl (C=O) groups is 1. The Kier molecular flexibility index (Phi) is 6.75. The number of hydrogen-bond donors (Lipinski definition) is 0. The van der Waals surface area contributed by atoms with Crippen molar-refractivity contribution >= 4 is 5.91 Å². The van der Waals surface area contributed by atoms with Gasteiger partial charge in [-0.25, -0.2) is 4.39 Å². The van der Waals surface area contributed by atoms with Gasteiger partial charge in [-0.3, -0.25) is 14.6 Å². The van der Waals surface area contributed by atoms with Crippen molar-refractivity contribution < 1.29 is 9.18 Å². The van der Waals surface area contributed by atoms with Crippen molar-refractivity contribution in [3.8, 4) is 0 Å². The molecule has 1 aliphatic heterocycles. The van der Waals surface area contributed by atoms with Crippen LogP contribution in [0.2, 0.25) is 0 Å². The number of nitrogens with zero attached hydrogens (tertiary/aromatic N) is 3. The molecule has 134 valence electrons. The molecule has 0 N–H and O–H groups in total. The van der Waals surface area contributed by atoms with Crippen molar-refractivity contribution in [2.24, 2.45) is 5.92 Å². The molecule has 0 saturated carbocycles. The van der Waals surface area contributed by atoms with Gasteiger partial charge in [0, 0.05) is 39.8 Å². The summed E-state index contributed by atoms with van der Waals surface area (Å²) in [6, 6.07) is 7.18. The van der Waals surface area contributed by atoms with E-state index in [9.17, 15) is 9.18 Å². The number of likely N-dealkylation sites (N-methyl/N-ethyl adjacent to an activating group) is 1. The summed E-state index contributed by atoms with van der Waals surface area (Å²) in [6.07, 6.45) is 1.05. The van der Waals surface area contributed by atoms with E-state index >= 15 is 0 Å². The van der Waals surface area contributed by atoms with Crippen molar-refractivity contribution in [2.75, 3.05) is 40.3 Å². The summed E-state index contributed by atoms with van der Waals surface area (Å²) in [5.74, 6) is 0.466. The van der Waals surface area contributed by atoms with Gasteiger partial charge in [-0.1, -0.05) is 26.0 Å². The number of amides is 1. The predicted octanol–water partition coefficient (Wildman–Crippen LogP) is 2.45. The van der Waals surface area contributed by atoms with Crippen LogP contribution in [0.4, 0.5) is 4.39 Å². The van der Waals surface area contributed by atoms with E-state index in [-0.39, 0.29) is 11.7 Å². The summed E-state index contributed by atoms with van der Waals surface area (Å²) in [5.41, 5.74) is 1.14. The molecule has 1 saturated heterocycles. The maximum absolute atomic E-state index is 13.1. The molecule has 1 aliphatic rings. The van der Waals surface area contributed by atoms with Crippen LogP contribution in [0.3, 0.4) is 0 Å². The molecule has 1 heterocycles. The Morgan fingerprint density at radius 3 is 2.50 bits per heavy atom. The number of rotatable bonds is 5. The first kappa shape index (κ1) is 18.9. The van der Waals surface area contributed by atoms with E-state index in [0.29, 0.717) is 18.5 Å². The summed E-state index contributed by atoms with van der Waals surface area (Å²) in [6.45, 7) is 8.65. The molecule has 1 amide bonds. The monoisotopic (exact) mass is 335 g/mol. The quantitative estimate of drug-likeness (QED) is 0.827. The lowest BCUT2D eigenvalue weighted by atomic mass is 10.0. The van der Waals surface area contributed by atoms with Gasteiger partial charge in [0.1, 0.15) is 5.82 Å². The van der Waals surface area contributed by atoms with Crippen molar-refractivity contribution in [3.05, 3.63) is 35.6 Å². The Balaban J connectivity index is 2.05. The predicted molar refractivity (Wildman–Crippen MR) is 95.2 cm³/mol. The SMILES string of the molecule is CC(C)C1CN(CC(=O)N(C)C)CCCN1Cc1ccc(F)cc1. The van der Waals surface area contributed by atoms with Crippen LogP contribution in [0.25, 0.3) is 0 Å². The molecular formula is C19H30FN3O. The van der Waals surface area contributed by atoms with Crippen LogP contribution in [0.15, 0.2) is 24.3 Å². The van der Waals surface area contributed by atoms with Crippen LogP contribution in [-0.4, -0.2) is 66.9 Å². The topological polar surface area (TPSA) is 26.8 Å². The van der Waals surface area contributed by atoms with E-state index in [4.69, 9.17) is 0 Å². The molecule has 1 aromatic rings. The minimum atomic E-state index is -0.191. The van der Waals surface area contributed by atoms with E-state index in [2.05, 4.69) is 23.6 Å². The number of hydrogen-bond acceptors (Lipinski definition) is 3. The summed E-state index contributed by atoms with van der Waals surface area (Å²) < 4.78 is 13.1. The van der Waals surface area contributed by atoms with Crippen LogP contribution in [0, 0.1) is 11.7 Å². The van der Waals surface area contributed by atoms with Gasteiger partial charge in [-0.05, 0) is 36.6 Å². The lowest BCUT2D eigenvalue weighted by Crippen LogP contribution is -2.46. The van der Waals surface area contributed by atoms with Gasteiger partial charge in [-0.15, -0.1) is 0 Å². The van der Waals surface area contributed by atoms with Gasteiger partial charge in [0.25, 0.3) is 0 Å². The van der Waals surface area contributed by atoms with Crippen molar-refractivity contribution in [1.82, 2.24) is 14.7 Å². The smallest absolute Gasteiger partial charge is 0.236 e. The molecule has 0 radical (unpaired) electrons. The molecule has 1 aromatic carbocycles. The van der Waals surface area contributed by atoms with Crippen LogP contribution in [0.1, 0.15) is 25.8 Å². The second kappa shape index (κ2) is 8.58. The third-order valence-electron chi connectivity index (χ3n) is 4.76. The fourth-order valence-electron chi connectivity index (χ4n) is 3.26. The zero-order valence-corrected chi connectivity index (χ0v) is 15.3. The second-order valence-corrected chi connectivity index (χ2v) is 7.29. The minimum Gasteiger partial charge on any atom is -0.348 e. The van der Waals surface area contributed by atoms with Crippen LogP contribution in [-0.2, 0) is 11.3 Å². The molecule has 0 bridgehead atoms. The van der Waals surface area contributed by atoms with Gasteiger partial charge >= 0.3 is 0 Å². The Morgan fingerprint density at radius 2 is 1.92 bits per heavy atom. The summed E-state index contributed by atoms with van der Waals surface area (Å²) >= 11 is 0. The van der Waals surface area contributed by atoms with Gasteiger partial charge < -0.3 is 4.90 Å². The maximum atomic E-state index is 13.1. The highest BCUT2D eigenvalue weighted by molar-refractivity contribution is 5.77. The first-order valence-electron chi connectivity index (χ1n) is 8.78. The van der Waals surface area contributed by atoms with Gasteiger partial charge in [0.05, 0.1) is 6.54 Å². The minimum absolute atomic E-state index is 0.157. The van der Waals surface area contributed by atoms with E-state index in [1.54, 1.807) is 19.0 Å². The van der Waals surface area contributed by atoms with Gasteiger partial charge in [-0.2, -0.15) is 0 Å². The van der Waals surface area contributed by atoms with E-state index < -0.39 is 0 Å². The third-order valence-corrected chi connectivity index (χ3v) is 4.76. The van der Waals surface area contributed by atoms with E-state index in [1.807, 2.05) is 12.1 Å². The van der Waals surface area contributed by atoms with Crippen molar-refractivity contribution in [1.29, 1.82) is 0 Å². The molecule has 0 spiro atoms. The molecule has 4 nitrogen and oxygen atoms in total. The largest absolute Gasteiger partial charge is 0.348 e. The number of halogens is 1. The molecule has 24 heavy (non-hydrogen) atoms. The average Bonchev–Trinajstić information content (AvgIpc) is 2.72. The number of carbonyl (C=O) groups excluding carboxylic acids is 1. The Morgan fingerprint density at radius 1 is 1.25 bits per heavy atom. The standard InChI is InChI=1S/C19H30FN3O/c1-15(2)18-13-22(14-19(24)21(3)4)10-5-11-23(18)12-16-6-8-17(20)9-7-16/h6-9,15,18H,5,10-14H2,1-4H3. The third kappa shape index (κ3) is 5.28. The molecular weight excluding hydrogens is 305 g/mol. The first-order valence-corrected chi connectivity index (χ1v) is 8.78. The van der Waals surface area contributed by atoms with Gasteiger partial charge in [0.15, 0.2) is 0 Å². The van der Waals surface area contributed by atoms with E-state index in [1.165, 1.54) is 12.1 Å². The molecule has 1 atom stereocenters. The highest BCUT2D eigenvalue weighted by Gasteiger charge is 2.28. The molecule has 1 fully saturated rings. The summed E-state index contributed by atoms with van der Waals surface area (Å²) in [5, 5.41) is 0. The lowest BCUT2D eigenvalue weighted by molar-refractivity contribution is -0.130. The number of benzene rings is 1. The normalized spacial score (nSPS) is 20.2. The Hall–Kier alpha value is -1.46. The highest BCUT2D eigenvalue weighted by Crippen LogP contribution is 2.20. The molecule has 0 aromatic heterocycles. The summed E-state index contributed by atoms with van der Waals surface area (Å²) in [4.78, 5) is 18.5. The van der Waals surface area contributed by atoms with Crippen LogP contribution >= 0.6 is 0 Å². The lowest BCUT2D eigenvalue weighted by Gasteiger charge is -2.34. The summed E-state index contributed by atoms with van der Waals surface area (Å²) in [7, 11) is 3.61. The fraction of sp³-hybridized carbons (Fsp3) is 0.632. The Bertz CT molecular complexity index is 530.